The number of aryl methyl sites for hydroxylation is 1. The molecule has 1 aliphatic rings. The van der Waals surface area contributed by atoms with E-state index in [0.717, 1.165) is 37.5 Å². The minimum absolute atomic E-state index is 0.247. The van der Waals surface area contributed by atoms with Crippen molar-refractivity contribution in [1.82, 2.24) is 14.8 Å². The third kappa shape index (κ3) is 2.49. The molecular weight excluding hydrogens is 258 g/mol. The number of carboxylic acid groups (broad SMARTS) is 1. The van der Waals surface area contributed by atoms with Gasteiger partial charge in [-0.3, -0.25) is 0 Å². The van der Waals surface area contributed by atoms with Gasteiger partial charge in [0.25, 0.3) is 0 Å². The fraction of sp³-hybridized carbons (Fsp3) is 0.357. The zero-order valence-electron chi connectivity index (χ0n) is 11.0. The summed E-state index contributed by atoms with van der Waals surface area (Å²) in [6.07, 6.45) is 3.28. The van der Waals surface area contributed by atoms with Crippen molar-refractivity contribution >= 4 is 5.97 Å². The van der Waals surface area contributed by atoms with Gasteiger partial charge >= 0.3 is 5.97 Å². The van der Waals surface area contributed by atoms with Gasteiger partial charge in [-0.25, -0.2) is 4.79 Å². The molecule has 0 radical (unpaired) electrons. The maximum Gasteiger partial charge on any atom is 0.335 e. The maximum absolute atomic E-state index is 10.8. The van der Waals surface area contributed by atoms with Crippen molar-refractivity contribution in [1.29, 1.82) is 0 Å². The number of hydrogen-bond donors (Lipinski definition) is 1. The monoisotopic (exact) mass is 273 g/mol. The van der Waals surface area contributed by atoms with E-state index in [9.17, 15) is 4.79 Å². The van der Waals surface area contributed by atoms with Crippen molar-refractivity contribution in [3.8, 4) is 5.75 Å². The first-order valence-corrected chi connectivity index (χ1v) is 6.61. The summed E-state index contributed by atoms with van der Waals surface area (Å²) in [6, 6.07) is 6.35. The Morgan fingerprint density at radius 2 is 2.05 bits per heavy atom. The average molecular weight is 273 g/mol. The number of carbonyl (C=O) groups is 1. The molecular formula is C14H15N3O3. The lowest BCUT2D eigenvalue weighted by atomic mass is 10.2. The molecule has 1 N–H and O–H groups in total. The summed E-state index contributed by atoms with van der Waals surface area (Å²) in [4.78, 5) is 10.8. The van der Waals surface area contributed by atoms with Crippen LogP contribution in [0, 0.1) is 0 Å². The molecule has 1 aromatic heterocycles. The van der Waals surface area contributed by atoms with E-state index in [1.54, 1.807) is 12.1 Å². The van der Waals surface area contributed by atoms with E-state index in [1.165, 1.54) is 12.1 Å². The number of nitrogens with zero attached hydrogens (tertiary/aromatic N) is 3. The molecule has 0 fully saturated rings. The number of ether oxygens (including phenoxy) is 1. The number of benzene rings is 1. The second-order valence-electron chi connectivity index (χ2n) is 4.76. The van der Waals surface area contributed by atoms with Crippen LogP contribution in [0.15, 0.2) is 24.3 Å². The van der Waals surface area contributed by atoms with Gasteiger partial charge in [-0.1, -0.05) is 0 Å². The number of rotatable bonds is 4. The fourth-order valence-corrected chi connectivity index (χ4v) is 2.32. The summed E-state index contributed by atoms with van der Waals surface area (Å²) in [5.74, 6) is 1.53. The molecule has 0 saturated heterocycles. The Morgan fingerprint density at radius 3 is 2.80 bits per heavy atom. The van der Waals surface area contributed by atoms with Gasteiger partial charge in [-0.2, -0.15) is 0 Å². The first-order chi connectivity index (χ1) is 9.74. The lowest BCUT2D eigenvalue weighted by Crippen LogP contribution is -2.14. The smallest absolute Gasteiger partial charge is 0.335 e. The highest BCUT2D eigenvalue weighted by molar-refractivity contribution is 5.87. The van der Waals surface area contributed by atoms with Gasteiger partial charge in [0.15, 0.2) is 5.82 Å². The van der Waals surface area contributed by atoms with Crippen molar-refractivity contribution in [3.05, 3.63) is 41.5 Å². The van der Waals surface area contributed by atoms with Gasteiger partial charge < -0.3 is 14.4 Å². The predicted molar refractivity (Wildman–Crippen MR) is 70.7 cm³/mol. The molecule has 2 heterocycles. The van der Waals surface area contributed by atoms with Crippen molar-refractivity contribution < 1.29 is 14.6 Å². The van der Waals surface area contributed by atoms with Crippen LogP contribution in [0.5, 0.6) is 5.75 Å². The Morgan fingerprint density at radius 1 is 1.25 bits per heavy atom. The lowest BCUT2D eigenvalue weighted by molar-refractivity contribution is 0.0697. The topological polar surface area (TPSA) is 77.2 Å². The molecule has 0 bridgehead atoms. The van der Waals surface area contributed by atoms with Crippen LogP contribution in [0.4, 0.5) is 0 Å². The number of carboxylic acids is 1. The quantitative estimate of drug-likeness (QED) is 0.920. The summed E-state index contributed by atoms with van der Waals surface area (Å²) in [5.41, 5.74) is 0.247. The van der Waals surface area contributed by atoms with Crippen LogP contribution in [0.2, 0.25) is 0 Å². The van der Waals surface area contributed by atoms with Crippen molar-refractivity contribution in [3.63, 3.8) is 0 Å². The third-order valence-electron chi connectivity index (χ3n) is 3.41. The number of hydrogen-bond acceptors (Lipinski definition) is 4. The highest BCUT2D eigenvalue weighted by Crippen LogP contribution is 2.17. The molecule has 20 heavy (non-hydrogen) atoms. The fourth-order valence-electron chi connectivity index (χ4n) is 2.32. The molecule has 6 heteroatoms. The highest BCUT2D eigenvalue weighted by atomic mass is 16.5. The van der Waals surface area contributed by atoms with Crippen molar-refractivity contribution in [2.24, 2.45) is 0 Å². The number of fused-ring (bicyclic) bond motifs is 1. The number of aromatic nitrogens is 3. The summed E-state index contributed by atoms with van der Waals surface area (Å²) in [7, 11) is 0. The standard InChI is InChI=1S/C14H15N3O3/c18-14(19)10-4-6-11(7-5-10)20-9-13-16-15-12-3-1-2-8-17(12)13/h4-7H,1-3,8-9H2,(H,18,19). The van der Waals surface area contributed by atoms with E-state index in [4.69, 9.17) is 9.84 Å². The first kappa shape index (κ1) is 12.7. The lowest BCUT2D eigenvalue weighted by Gasteiger charge is -2.14. The Labute approximate surface area is 116 Å². The zero-order chi connectivity index (χ0) is 13.9. The van der Waals surface area contributed by atoms with Gasteiger partial charge in [-0.15, -0.1) is 10.2 Å². The van der Waals surface area contributed by atoms with Crippen molar-refractivity contribution in [2.45, 2.75) is 32.4 Å². The van der Waals surface area contributed by atoms with E-state index >= 15 is 0 Å². The largest absolute Gasteiger partial charge is 0.486 e. The third-order valence-corrected chi connectivity index (χ3v) is 3.41. The molecule has 0 amide bonds. The Balaban J connectivity index is 1.67. The van der Waals surface area contributed by atoms with Crippen LogP contribution in [-0.4, -0.2) is 25.8 Å². The molecule has 0 spiro atoms. The van der Waals surface area contributed by atoms with Crippen LogP contribution < -0.4 is 4.74 Å². The van der Waals surface area contributed by atoms with Gasteiger partial charge in [0.2, 0.25) is 0 Å². The minimum atomic E-state index is -0.942. The van der Waals surface area contributed by atoms with Gasteiger partial charge in [0, 0.05) is 13.0 Å². The molecule has 0 saturated carbocycles. The van der Waals surface area contributed by atoms with Crippen LogP contribution >= 0.6 is 0 Å². The predicted octanol–water partition coefficient (Wildman–Crippen LogP) is 1.89. The summed E-state index contributed by atoms with van der Waals surface area (Å²) in [6.45, 7) is 1.29. The summed E-state index contributed by atoms with van der Waals surface area (Å²) in [5, 5.41) is 17.1. The second kappa shape index (κ2) is 5.32. The SMILES string of the molecule is O=C(O)c1ccc(OCc2nnc3n2CCCC3)cc1. The van der Waals surface area contributed by atoms with Crippen molar-refractivity contribution in [2.75, 3.05) is 0 Å². The van der Waals surface area contributed by atoms with Crippen LogP contribution in [-0.2, 0) is 19.6 Å². The zero-order valence-corrected chi connectivity index (χ0v) is 11.0. The molecule has 1 aliphatic heterocycles. The van der Waals surface area contributed by atoms with Gasteiger partial charge in [0.1, 0.15) is 18.2 Å². The van der Waals surface area contributed by atoms with Gasteiger partial charge in [0.05, 0.1) is 5.56 Å². The molecule has 6 nitrogen and oxygen atoms in total. The van der Waals surface area contributed by atoms with E-state index < -0.39 is 5.97 Å². The van der Waals surface area contributed by atoms with E-state index in [1.807, 2.05) is 0 Å². The molecule has 0 unspecified atom stereocenters. The molecule has 0 atom stereocenters. The Hall–Kier alpha value is -2.37. The second-order valence-corrected chi connectivity index (χ2v) is 4.76. The van der Waals surface area contributed by atoms with E-state index in [0.29, 0.717) is 12.4 Å². The number of aromatic carboxylic acids is 1. The molecule has 0 aliphatic carbocycles. The summed E-state index contributed by atoms with van der Waals surface area (Å²) >= 11 is 0. The maximum atomic E-state index is 10.8. The average Bonchev–Trinajstić information content (AvgIpc) is 2.89. The first-order valence-electron chi connectivity index (χ1n) is 6.61. The van der Waals surface area contributed by atoms with Gasteiger partial charge in [-0.05, 0) is 37.1 Å². The molecule has 3 rings (SSSR count). The highest BCUT2D eigenvalue weighted by Gasteiger charge is 2.15. The minimum Gasteiger partial charge on any atom is -0.486 e. The van der Waals surface area contributed by atoms with Crippen LogP contribution in [0.25, 0.3) is 0 Å². The Kier molecular flexibility index (Phi) is 3.37. The van der Waals surface area contributed by atoms with E-state index in [-0.39, 0.29) is 5.56 Å². The molecule has 2 aromatic rings. The summed E-state index contributed by atoms with van der Waals surface area (Å²) < 4.78 is 7.74. The molecule has 1 aromatic carbocycles. The van der Waals surface area contributed by atoms with Crippen LogP contribution in [0.1, 0.15) is 34.8 Å². The van der Waals surface area contributed by atoms with Crippen LogP contribution in [0.3, 0.4) is 0 Å². The van der Waals surface area contributed by atoms with E-state index in [2.05, 4.69) is 14.8 Å². The normalized spacial score (nSPS) is 13.8. The Bertz CT molecular complexity index is 619. The molecule has 104 valence electrons.